The summed E-state index contributed by atoms with van der Waals surface area (Å²) in [5.74, 6) is -0.220. The van der Waals surface area contributed by atoms with Crippen LogP contribution in [0.25, 0.3) is 11.0 Å². The molecule has 1 aliphatic rings. The molecule has 32 heavy (non-hydrogen) atoms. The molecule has 2 aromatic carbocycles. The molecular weight excluding hydrogens is 455 g/mol. The molecule has 0 saturated carbocycles. The third kappa shape index (κ3) is 4.59. The predicted molar refractivity (Wildman–Crippen MR) is 121 cm³/mol. The van der Waals surface area contributed by atoms with Gasteiger partial charge in [0.05, 0.1) is 36.4 Å². The fraction of sp³-hybridized carbons (Fsp3) is 0.318. The highest BCUT2D eigenvalue weighted by atomic mass is 35.5. The number of benzene rings is 2. The molecule has 1 saturated heterocycles. The van der Waals surface area contributed by atoms with E-state index in [-0.39, 0.29) is 12.5 Å². The van der Waals surface area contributed by atoms with Gasteiger partial charge in [0, 0.05) is 28.7 Å². The second-order valence-electron chi connectivity index (χ2n) is 7.60. The molecule has 3 aromatic rings. The number of aromatic amines is 1. The fourth-order valence-corrected chi connectivity index (χ4v) is 4.43. The molecule has 4 rings (SSSR count). The quantitative estimate of drug-likeness (QED) is 0.472. The van der Waals surface area contributed by atoms with E-state index in [9.17, 15) is 14.7 Å². The number of likely N-dealkylation sites (tertiary alicyclic amines) is 1. The highest BCUT2D eigenvalue weighted by Gasteiger charge is 2.38. The Morgan fingerprint density at radius 3 is 2.75 bits per heavy atom. The van der Waals surface area contributed by atoms with Gasteiger partial charge < -0.3 is 20.1 Å². The van der Waals surface area contributed by atoms with Gasteiger partial charge in [0.25, 0.3) is 0 Å². The lowest BCUT2D eigenvalue weighted by Crippen LogP contribution is -2.47. The molecule has 0 spiro atoms. The molecule has 0 aliphatic carbocycles. The Labute approximate surface area is 194 Å². The molecule has 2 unspecified atom stereocenters. The van der Waals surface area contributed by atoms with Crippen LogP contribution < -0.4 is 5.32 Å². The van der Waals surface area contributed by atoms with Crippen LogP contribution in [-0.2, 0) is 22.6 Å². The Kier molecular flexibility index (Phi) is 6.66. The Morgan fingerprint density at radius 1 is 1.28 bits per heavy atom. The number of amides is 1. The molecule has 0 bridgehead atoms. The summed E-state index contributed by atoms with van der Waals surface area (Å²) in [4.78, 5) is 34.0. The standard InChI is InChI=1S/C22H22Cl2N4O4/c1-32-22(31)12-5-6-16-17(9-12)27-19(26-16)10-25-21(30)20-18(29)7-8-28(20)11-13-14(23)3-2-4-15(13)24/h2-6,9,18,20,29H,7-8,10-11H2,1H3,(H,25,30)(H,26,27). The summed E-state index contributed by atoms with van der Waals surface area (Å²) in [7, 11) is 1.32. The number of imidazole rings is 1. The molecule has 168 valence electrons. The Balaban J connectivity index is 1.45. The molecule has 8 nitrogen and oxygen atoms in total. The molecule has 2 heterocycles. The zero-order chi connectivity index (χ0) is 22.8. The first-order chi connectivity index (χ1) is 15.4. The van der Waals surface area contributed by atoms with Crippen LogP contribution >= 0.6 is 23.2 Å². The van der Waals surface area contributed by atoms with Crippen LogP contribution in [0.2, 0.25) is 10.0 Å². The van der Waals surface area contributed by atoms with Crippen molar-refractivity contribution in [1.29, 1.82) is 0 Å². The van der Waals surface area contributed by atoms with E-state index in [1.165, 1.54) is 7.11 Å². The lowest BCUT2D eigenvalue weighted by atomic mass is 10.1. The van der Waals surface area contributed by atoms with Crippen LogP contribution in [0, 0.1) is 0 Å². The van der Waals surface area contributed by atoms with E-state index in [0.717, 1.165) is 5.56 Å². The molecule has 1 amide bonds. The van der Waals surface area contributed by atoms with Gasteiger partial charge in [0.15, 0.2) is 0 Å². The summed E-state index contributed by atoms with van der Waals surface area (Å²) in [6.45, 7) is 1.04. The van der Waals surface area contributed by atoms with Crippen LogP contribution in [0.3, 0.4) is 0 Å². The number of rotatable bonds is 6. The van der Waals surface area contributed by atoms with Gasteiger partial charge in [-0.05, 0) is 36.8 Å². The summed E-state index contributed by atoms with van der Waals surface area (Å²) in [5, 5.41) is 14.3. The van der Waals surface area contributed by atoms with Gasteiger partial charge >= 0.3 is 5.97 Å². The topological polar surface area (TPSA) is 108 Å². The largest absolute Gasteiger partial charge is 0.465 e. The lowest BCUT2D eigenvalue weighted by molar-refractivity contribution is -0.128. The number of hydrogen-bond acceptors (Lipinski definition) is 6. The molecule has 1 fully saturated rings. The molecule has 0 radical (unpaired) electrons. The number of fused-ring (bicyclic) bond motifs is 1. The average Bonchev–Trinajstić information content (AvgIpc) is 3.36. The number of nitrogens with one attached hydrogen (secondary N) is 2. The molecular formula is C22H22Cl2N4O4. The number of H-pyrrole nitrogens is 1. The first-order valence-corrected chi connectivity index (χ1v) is 10.8. The number of halogens is 2. The SMILES string of the molecule is COC(=O)c1ccc2nc(CNC(=O)C3C(O)CCN3Cc3c(Cl)cccc3Cl)[nH]c2c1. The van der Waals surface area contributed by atoms with E-state index in [0.29, 0.717) is 52.0 Å². The van der Waals surface area contributed by atoms with Gasteiger partial charge in [0.1, 0.15) is 11.9 Å². The van der Waals surface area contributed by atoms with Gasteiger partial charge in [0.2, 0.25) is 5.91 Å². The van der Waals surface area contributed by atoms with Gasteiger partial charge in [-0.1, -0.05) is 29.3 Å². The van der Waals surface area contributed by atoms with Crippen molar-refractivity contribution < 1.29 is 19.4 Å². The van der Waals surface area contributed by atoms with Crippen LogP contribution in [0.5, 0.6) is 0 Å². The Hall–Kier alpha value is -2.65. The van der Waals surface area contributed by atoms with Crippen molar-refractivity contribution >= 4 is 46.1 Å². The van der Waals surface area contributed by atoms with Gasteiger partial charge in [-0.3, -0.25) is 9.69 Å². The summed E-state index contributed by atoms with van der Waals surface area (Å²) in [6, 6.07) is 9.52. The van der Waals surface area contributed by atoms with E-state index < -0.39 is 18.1 Å². The van der Waals surface area contributed by atoms with Crippen molar-refractivity contribution in [2.45, 2.75) is 31.7 Å². The number of ether oxygens (including phenoxy) is 1. The molecule has 1 aliphatic heterocycles. The van der Waals surface area contributed by atoms with Gasteiger partial charge in [-0.15, -0.1) is 0 Å². The van der Waals surface area contributed by atoms with Crippen LogP contribution in [-0.4, -0.2) is 57.7 Å². The average molecular weight is 477 g/mol. The van der Waals surface area contributed by atoms with Crippen LogP contribution in [0.15, 0.2) is 36.4 Å². The smallest absolute Gasteiger partial charge is 0.337 e. The summed E-state index contributed by atoms with van der Waals surface area (Å²) < 4.78 is 4.73. The second-order valence-corrected chi connectivity index (χ2v) is 8.41. The highest BCUT2D eigenvalue weighted by Crippen LogP contribution is 2.29. The maximum atomic E-state index is 12.9. The molecule has 10 heteroatoms. The van der Waals surface area contributed by atoms with E-state index in [1.807, 2.05) is 4.90 Å². The summed E-state index contributed by atoms with van der Waals surface area (Å²) >= 11 is 12.6. The normalized spacial score (nSPS) is 18.8. The van der Waals surface area contributed by atoms with Crippen LogP contribution in [0.1, 0.15) is 28.2 Å². The van der Waals surface area contributed by atoms with Crippen molar-refractivity contribution in [3.05, 3.63) is 63.4 Å². The summed E-state index contributed by atoms with van der Waals surface area (Å²) in [6.07, 6.45) is -0.323. The highest BCUT2D eigenvalue weighted by molar-refractivity contribution is 6.36. The second kappa shape index (κ2) is 9.46. The zero-order valence-corrected chi connectivity index (χ0v) is 18.8. The number of esters is 1. The monoisotopic (exact) mass is 476 g/mol. The predicted octanol–water partition coefficient (Wildman–Crippen LogP) is 2.91. The van der Waals surface area contributed by atoms with Gasteiger partial charge in [-0.25, -0.2) is 9.78 Å². The number of aliphatic hydroxyl groups excluding tert-OH is 1. The lowest BCUT2D eigenvalue weighted by Gasteiger charge is -2.26. The molecule has 1 aromatic heterocycles. The van der Waals surface area contributed by atoms with E-state index in [2.05, 4.69) is 15.3 Å². The number of carbonyl (C=O) groups is 2. The zero-order valence-electron chi connectivity index (χ0n) is 17.3. The number of hydrogen-bond donors (Lipinski definition) is 3. The van der Waals surface area contributed by atoms with Crippen molar-refractivity contribution in [2.24, 2.45) is 0 Å². The van der Waals surface area contributed by atoms with E-state index >= 15 is 0 Å². The Bertz CT molecular complexity index is 1150. The van der Waals surface area contributed by atoms with Crippen molar-refractivity contribution in [1.82, 2.24) is 20.2 Å². The summed E-state index contributed by atoms with van der Waals surface area (Å²) in [5.41, 5.74) is 2.45. The first kappa shape index (κ1) is 22.5. The van der Waals surface area contributed by atoms with Crippen LogP contribution in [0.4, 0.5) is 0 Å². The van der Waals surface area contributed by atoms with E-state index in [4.69, 9.17) is 27.9 Å². The fourth-order valence-electron chi connectivity index (χ4n) is 3.91. The third-order valence-electron chi connectivity index (χ3n) is 5.54. The van der Waals surface area contributed by atoms with Crippen molar-refractivity contribution in [2.75, 3.05) is 13.7 Å². The minimum atomic E-state index is -0.797. The number of nitrogens with zero attached hydrogens (tertiary/aromatic N) is 2. The number of methoxy groups -OCH3 is 1. The minimum absolute atomic E-state index is 0.144. The maximum absolute atomic E-state index is 12.9. The van der Waals surface area contributed by atoms with E-state index in [1.54, 1.807) is 36.4 Å². The molecule has 3 N–H and O–H groups in total. The van der Waals surface area contributed by atoms with Gasteiger partial charge in [-0.2, -0.15) is 0 Å². The Morgan fingerprint density at radius 2 is 2.03 bits per heavy atom. The first-order valence-electron chi connectivity index (χ1n) is 10.1. The van der Waals surface area contributed by atoms with Crippen molar-refractivity contribution in [3.63, 3.8) is 0 Å². The number of aliphatic hydroxyl groups is 1. The number of aromatic nitrogens is 2. The van der Waals surface area contributed by atoms with Crippen molar-refractivity contribution in [3.8, 4) is 0 Å². The molecule has 2 atom stereocenters. The number of carbonyl (C=O) groups excluding carboxylic acids is 2. The third-order valence-corrected chi connectivity index (χ3v) is 6.25. The minimum Gasteiger partial charge on any atom is -0.465 e. The maximum Gasteiger partial charge on any atom is 0.337 e.